The van der Waals surface area contributed by atoms with Crippen molar-refractivity contribution in [1.82, 2.24) is 0 Å². The fourth-order valence-electron chi connectivity index (χ4n) is 2.94. The van der Waals surface area contributed by atoms with E-state index in [1.165, 1.54) is 12.7 Å². The highest BCUT2D eigenvalue weighted by atomic mass is 79.9. The molecule has 1 aliphatic rings. The quantitative estimate of drug-likeness (QED) is 0.845. The monoisotopic (exact) mass is 395 g/mol. The number of ether oxygens (including phenoxy) is 1. The summed E-state index contributed by atoms with van der Waals surface area (Å²) in [5.74, 6) is 0.325. The molecular weight excluding hydrogens is 378 g/mol. The molecule has 0 heterocycles. The number of nitrogens with one attached hydrogen (secondary N) is 1. The highest BCUT2D eigenvalue weighted by molar-refractivity contribution is 9.10. The average molecular weight is 396 g/mol. The van der Waals surface area contributed by atoms with Gasteiger partial charge in [-0.25, -0.2) is 8.42 Å². The van der Waals surface area contributed by atoms with Gasteiger partial charge in [0.25, 0.3) is 10.0 Å². The Labute approximate surface area is 145 Å². The molecule has 23 heavy (non-hydrogen) atoms. The van der Waals surface area contributed by atoms with Gasteiger partial charge in [-0.1, -0.05) is 28.1 Å². The maximum absolute atomic E-state index is 12.8. The summed E-state index contributed by atoms with van der Waals surface area (Å²) in [7, 11) is -2.25. The molecule has 0 fully saturated rings. The molecule has 0 saturated carbocycles. The minimum absolute atomic E-state index is 0.128. The number of fused-ring (bicyclic) bond motifs is 1. The van der Waals surface area contributed by atoms with Crippen molar-refractivity contribution in [3.05, 3.63) is 52.0 Å². The third-order valence-electron chi connectivity index (χ3n) is 4.06. The van der Waals surface area contributed by atoms with Gasteiger partial charge in [0.15, 0.2) is 0 Å². The normalized spacial score (nSPS) is 14.2. The van der Waals surface area contributed by atoms with E-state index < -0.39 is 10.0 Å². The molecule has 0 amide bonds. The second-order valence-corrected chi connectivity index (χ2v) is 8.12. The summed E-state index contributed by atoms with van der Waals surface area (Å²) in [4.78, 5) is 0.128. The molecule has 0 spiro atoms. The van der Waals surface area contributed by atoms with E-state index in [1.807, 2.05) is 12.1 Å². The van der Waals surface area contributed by atoms with Gasteiger partial charge in [-0.15, -0.1) is 0 Å². The highest BCUT2D eigenvalue weighted by Gasteiger charge is 2.22. The van der Waals surface area contributed by atoms with E-state index in [1.54, 1.807) is 18.2 Å². The van der Waals surface area contributed by atoms with Crippen molar-refractivity contribution >= 4 is 31.6 Å². The van der Waals surface area contributed by atoms with Crippen molar-refractivity contribution in [3.63, 3.8) is 0 Å². The van der Waals surface area contributed by atoms with E-state index in [0.717, 1.165) is 31.2 Å². The van der Waals surface area contributed by atoms with E-state index >= 15 is 0 Å². The molecule has 0 aromatic heterocycles. The lowest BCUT2D eigenvalue weighted by molar-refractivity contribution is 0.403. The summed E-state index contributed by atoms with van der Waals surface area (Å²) in [5.41, 5.74) is 3.01. The van der Waals surface area contributed by atoms with Gasteiger partial charge >= 0.3 is 0 Å². The zero-order valence-corrected chi connectivity index (χ0v) is 15.2. The summed E-state index contributed by atoms with van der Waals surface area (Å²) in [6.45, 7) is 0. The first-order valence-corrected chi connectivity index (χ1v) is 9.76. The van der Waals surface area contributed by atoms with Crippen LogP contribution in [-0.4, -0.2) is 15.5 Å². The van der Waals surface area contributed by atoms with Crippen LogP contribution in [0.15, 0.2) is 45.8 Å². The zero-order chi connectivity index (χ0) is 16.4. The van der Waals surface area contributed by atoms with Crippen LogP contribution in [0.25, 0.3) is 0 Å². The van der Waals surface area contributed by atoms with Crippen LogP contribution in [0.2, 0.25) is 0 Å². The molecule has 3 rings (SSSR count). The van der Waals surface area contributed by atoms with Gasteiger partial charge in [0.2, 0.25) is 0 Å². The van der Waals surface area contributed by atoms with E-state index in [-0.39, 0.29) is 4.90 Å². The topological polar surface area (TPSA) is 55.4 Å². The van der Waals surface area contributed by atoms with Crippen LogP contribution in [-0.2, 0) is 22.9 Å². The molecule has 0 aliphatic heterocycles. The summed E-state index contributed by atoms with van der Waals surface area (Å²) < 4.78 is 34.2. The smallest absolute Gasteiger partial charge is 0.265 e. The first kappa shape index (κ1) is 16.3. The minimum Gasteiger partial charge on any atom is -0.495 e. The summed E-state index contributed by atoms with van der Waals surface area (Å²) in [6, 6.07) is 10.7. The predicted molar refractivity (Wildman–Crippen MR) is 94.6 cm³/mol. The van der Waals surface area contributed by atoms with Crippen molar-refractivity contribution in [2.75, 3.05) is 11.8 Å². The third kappa shape index (κ3) is 3.38. The lowest BCUT2D eigenvalue weighted by Crippen LogP contribution is -2.17. The predicted octanol–water partition coefficient (Wildman–Crippen LogP) is 4.14. The molecule has 0 atom stereocenters. The van der Waals surface area contributed by atoms with Crippen LogP contribution in [0.1, 0.15) is 24.0 Å². The van der Waals surface area contributed by atoms with Crippen molar-refractivity contribution in [2.45, 2.75) is 30.6 Å². The number of hydrogen-bond acceptors (Lipinski definition) is 3. The van der Waals surface area contributed by atoms with Crippen LogP contribution in [0, 0.1) is 0 Å². The Morgan fingerprint density at radius 2 is 1.91 bits per heavy atom. The SMILES string of the molecule is COc1ccc(Br)cc1S(=O)(=O)Nc1cccc2c1CCCC2. The molecule has 4 nitrogen and oxygen atoms in total. The van der Waals surface area contributed by atoms with Crippen LogP contribution in [0.5, 0.6) is 5.75 Å². The molecule has 0 bridgehead atoms. The number of rotatable bonds is 4. The maximum Gasteiger partial charge on any atom is 0.265 e. The molecule has 2 aromatic carbocycles. The highest BCUT2D eigenvalue weighted by Crippen LogP contribution is 2.32. The Balaban J connectivity index is 2.01. The zero-order valence-electron chi connectivity index (χ0n) is 12.8. The van der Waals surface area contributed by atoms with E-state index in [9.17, 15) is 8.42 Å². The lowest BCUT2D eigenvalue weighted by Gasteiger charge is -2.20. The molecular formula is C17H18BrNO3S. The second-order valence-electron chi connectivity index (χ2n) is 5.55. The Morgan fingerprint density at radius 3 is 2.70 bits per heavy atom. The van der Waals surface area contributed by atoms with Gasteiger partial charge in [0.05, 0.1) is 12.8 Å². The largest absolute Gasteiger partial charge is 0.495 e. The molecule has 0 unspecified atom stereocenters. The van der Waals surface area contributed by atoms with Gasteiger partial charge in [-0.2, -0.15) is 0 Å². The molecule has 0 saturated heterocycles. The van der Waals surface area contributed by atoms with Crippen LogP contribution >= 0.6 is 15.9 Å². The van der Waals surface area contributed by atoms with Crippen molar-refractivity contribution < 1.29 is 13.2 Å². The fourth-order valence-corrected chi connectivity index (χ4v) is 4.74. The molecule has 0 radical (unpaired) electrons. The number of aryl methyl sites for hydroxylation is 1. The Kier molecular flexibility index (Phi) is 4.64. The number of halogens is 1. The van der Waals surface area contributed by atoms with Gasteiger partial charge < -0.3 is 4.74 Å². The summed E-state index contributed by atoms with van der Waals surface area (Å²) in [5, 5.41) is 0. The van der Waals surface area contributed by atoms with Crippen molar-refractivity contribution in [1.29, 1.82) is 0 Å². The maximum atomic E-state index is 12.8. The van der Waals surface area contributed by atoms with E-state index in [4.69, 9.17) is 4.74 Å². The number of methoxy groups -OCH3 is 1. The van der Waals surface area contributed by atoms with Crippen molar-refractivity contribution in [3.8, 4) is 5.75 Å². The molecule has 2 aromatic rings. The molecule has 1 N–H and O–H groups in total. The van der Waals surface area contributed by atoms with E-state index in [0.29, 0.717) is 15.9 Å². The standard InChI is InChI=1S/C17H18BrNO3S/c1-22-16-10-9-13(18)11-17(16)23(20,21)19-15-8-4-6-12-5-2-3-7-14(12)15/h4,6,8-11,19H,2-3,5,7H2,1H3. The summed E-state index contributed by atoms with van der Waals surface area (Å²) >= 11 is 3.32. The first-order chi connectivity index (χ1) is 11.0. The number of anilines is 1. The van der Waals surface area contributed by atoms with Crippen LogP contribution in [0.3, 0.4) is 0 Å². The van der Waals surface area contributed by atoms with Gasteiger partial charge in [-0.3, -0.25) is 4.72 Å². The summed E-state index contributed by atoms with van der Waals surface area (Å²) in [6.07, 6.45) is 4.16. The first-order valence-electron chi connectivity index (χ1n) is 7.48. The fraction of sp³-hybridized carbons (Fsp3) is 0.294. The molecule has 6 heteroatoms. The average Bonchev–Trinajstić information content (AvgIpc) is 2.55. The third-order valence-corrected chi connectivity index (χ3v) is 5.94. The Bertz CT molecular complexity index is 834. The Morgan fingerprint density at radius 1 is 1.13 bits per heavy atom. The number of sulfonamides is 1. The second kappa shape index (κ2) is 6.53. The number of hydrogen-bond donors (Lipinski definition) is 1. The van der Waals surface area contributed by atoms with Crippen molar-refractivity contribution in [2.24, 2.45) is 0 Å². The van der Waals surface area contributed by atoms with Gasteiger partial charge in [0.1, 0.15) is 10.6 Å². The lowest BCUT2D eigenvalue weighted by atomic mass is 9.91. The molecule has 122 valence electrons. The molecule has 1 aliphatic carbocycles. The van der Waals surface area contributed by atoms with Crippen LogP contribution in [0.4, 0.5) is 5.69 Å². The van der Waals surface area contributed by atoms with Crippen LogP contribution < -0.4 is 9.46 Å². The van der Waals surface area contributed by atoms with E-state index in [2.05, 4.69) is 26.7 Å². The van der Waals surface area contributed by atoms with Gasteiger partial charge in [-0.05, 0) is 61.1 Å². The number of benzene rings is 2. The van der Waals surface area contributed by atoms with Gasteiger partial charge in [0, 0.05) is 4.47 Å². The Hall–Kier alpha value is -1.53. The minimum atomic E-state index is -3.72.